The minimum absolute atomic E-state index is 0. The van der Waals surface area contributed by atoms with Crippen molar-refractivity contribution in [2.24, 2.45) is 4.99 Å². The molecule has 7 nitrogen and oxygen atoms in total. The van der Waals surface area contributed by atoms with Crippen LogP contribution in [0.15, 0.2) is 65.8 Å². The lowest BCUT2D eigenvalue weighted by molar-refractivity contribution is -0.128. The van der Waals surface area contributed by atoms with Gasteiger partial charge in [-0.25, -0.2) is 9.98 Å². The monoisotopic (exact) mass is 572 g/mol. The van der Waals surface area contributed by atoms with Gasteiger partial charge in [0.1, 0.15) is 5.82 Å². The number of benzene rings is 2. The number of likely N-dealkylation sites (tertiary alicyclic amines) is 1. The smallest absolute Gasteiger partial charge is 0.222 e. The molecule has 180 valence electrons. The van der Waals surface area contributed by atoms with E-state index in [4.69, 9.17) is 4.99 Å². The average Bonchev–Trinajstić information content (AvgIpc) is 3.47. The van der Waals surface area contributed by atoms with Gasteiger partial charge in [-0.1, -0.05) is 54.6 Å². The molecule has 0 saturated carbocycles. The second-order valence-electron chi connectivity index (χ2n) is 8.37. The molecule has 34 heavy (non-hydrogen) atoms. The first-order chi connectivity index (χ1) is 16.1. The van der Waals surface area contributed by atoms with Crippen LogP contribution in [-0.4, -0.2) is 51.8 Å². The van der Waals surface area contributed by atoms with Crippen LogP contribution < -0.4 is 5.32 Å². The summed E-state index contributed by atoms with van der Waals surface area (Å²) in [4.78, 5) is 28.6. The van der Waals surface area contributed by atoms with Crippen molar-refractivity contribution in [3.8, 4) is 11.3 Å². The number of nitrogens with one attached hydrogen (secondary N) is 2. The van der Waals surface area contributed by atoms with E-state index in [1.807, 2.05) is 36.3 Å². The third-order valence-corrected chi connectivity index (χ3v) is 5.78. The van der Waals surface area contributed by atoms with Crippen molar-refractivity contribution in [2.45, 2.75) is 39.4 Å². The van der Waals surface area contributed by atoms with Crippen LogP contribution in [0, 0.1) is 0 Å². The first kappa shape index (κ1) is 25.7. The number of aliphatic imine (C=N–C) groups is 1. The standard InChI is InChI=1S/C26H32N6O.HI/c1-3-27-26(31(2)19-24-28-17-23(30-24)22-8-5-4-6-9-22)29-16-20-11-13-21(14-12-20)18-32-15-7-10-25(32)33;/h4-6,8-9,11-14,17H,3,7,10,15-16,18-19H2,1-2H3,(H,27,29)(H,28,30);1H. The number of rotatable bonds is 8. The van der Waals surface area contributed by atoms with Gasteiger partial charge < -0.3 is 20.1 Å². The number of hydrogen-bond donors (Lipinski definition) is 2. The molecule has 2 N–H and O–H groups in total. The van der Waals surface area contributed by atoms with E-state index in [1.54, 1.807) is 0 Å². The Labute approximate surface area is 218 Å². The van der Waals surface area contributed by atoms with E-state index in [0.717, 1.165) is 53.7 Å². The van der Waals surface area contributed by atoms with Gasteiger partial charge in [0, 0.05) is 33.1 Å². The maximum absolute atomic E-state index is 11.8. The molecule has 1 fully saturated rings. The SMILES string of the molecule is CCNC(=NCc1ccc(CN2CCCC2=O)cc1)N(C)Cc1ncc(-c2ccccc2)[nH]1.I. The van der Waals surface area contributed by atoms with Gasteiger partial charge in [0.05, 0.1) is 25.0 Å². The molecule has 3 aromatic rings. The van der Waals surface area contributed by atoms with Gasteiger partial charge in [0.25, 0.3) is 0 Å². The van der Waals surface area contributed by atoms with E-state index in [9.17, 15) is 4.79 Å². The summed E-state index contributed by atoms with van der Waals surface area (Å²) < 4.78 is 0. The number of carbonyl (C=O) groups is 1. The number of aromatic nitrogens is 2. The Morgan fingerprint density at radius 1 is 1.15 bits per heavy atom. The fourth-order valence-electron chi connectivity index (χ4n) is 3.98. The van der Waals surface area contributed by atoms with Crippen molar-refractivity contribution in [1.82, 2.24) is 25.1 Å². The molecule has 0 unspecified atom stereocenters. The van der Waals surface area contributed by atoms with Crippen LogP contribution in [0.25, 0.3) is 11.3 Å². The molecule has 4 rings (SSSR count). The van der Waals surface area contributed by atoms with E-state index in [-0.39, 0.29) is 29.9 Å². The minimum Gasteiger partial charge on any atom is -0.357 e. The molecule has 0 radical (unpaired) electrons. The first-order valence-corrected chi connectivity index (χ1v) is 11.6. The molecular weight excluding hydrogens is 539 g/mol. The highest BCUT2D eigenvalue weighted by Gasteiger charge is 2.19. The molecule has 0 aliphatic carbocycles. The lowest BCUT2D eigenvalue weighted by Crippen LogP contribution is -2.38. The molecule has 0 atom stereocenters. The van der Waals surface area contributed by atoms with E-state index < -0.39 is 0 Å². The zero-order valence-corrected chi connectivity index (χ0v) is 22.2. The summed E-state index contributed by atoms with van der Waals surface area (Å²) in [5.41, 5.74) is 4.43. The third-order valence-electron chi connectivity index (χ3n) is 5.78. The van der Waals surface area contributed by atoms with Crippen molar-refractivity contribution in [3.63, 3.8) is 0 Å². The van der Waals surface area contributed by atoms with Crippen molar-refractivity contribution in [2.75, 3.05) is 20.1 Å². The maximum atomic E-state index is 11.8. The molecule has 2 aromatic carbocycles. The summed E-state index contributed by atoms with van der Waals surface area (Å²) in [5.74, 6) is 1.99. The first-order valence-electron chi connectivity index (χ1n) is 11.6. The molecule has 1 saturated heterocycles. The van der Waals surface area contributed by atoms with E-state index >= 15 is 0 Å². The number of amides is 1. The fourth-order valence-corrected chi connectivity index (χ4v) is 3.98. The number of aromatic amines is 1. The van der Waals surface area contributed by atoms with E-state index in [0.29, 0.717) is 26.1 Å². The second kappa shape index (κ2) is 12.5. The Kier molecular flexibility index (Phi) is 9.50. The largest absolute Gasteiger partial charge is 0.357 e. The quantitative estimate of drug-likeness (QED) is 0.238. The van der Waals surface area contributed by atoms with Crippen LogP contribution in [0.1, 0.15) is 36.7 Å². The Hall–Kier alpha value is -2.88. The van der Waals surface area contributed by atoms with Crippen LogP contribution in [0.4, 0.5) is 0 Å². The normalized spacial score (nSPS) is 13.6. The van der Waals surface area contributed by atoms with Gasteiger partial charge in [-0.15, -0.1) is 24.0 Å². The Morgan fingerprint density at radius 2 is 1.88 bits per heavy atom. The molecule has 0 bridgehead atoms. The summed E-state index contributed by atoms with van der Waals surface area (Å²) in [5, 5.41) is 3.37. The lowest BCUT2D eigenvalue weighted by atomic mass is 10.1. The van der Waals surface area contributed by atoms with Crippen LogP contribution in [0.5, 0.6) is 0 Å². The fraction of sp³-hybridized carbons (Fsp3) is 0.346. The van der Waals surface area contributed by atoms with Gasteiger partial charge in [0.2, 0.25) is 5.91 Å². The molecule has 1 aliphatic heterocycles. The van der Waals surface area contributed by atoms with Crippen molar-refractivity contribution in [3.05, 3.63) is 77.7 Å². The van der Waals surface area contributed by atoms with Crippen LogP contribution in [-0.2, 0) is 24.4 Å². The molecule has 1 aromatic heterocycles. The van der Waals surface area contributed by atoms with E-state index in [2.05, 4.69) is 63.5 Å². The Bertz CT molecular complexity index is 1080. The average molecular weight is 572 g/mol. The summed E-state index contributed by atoms with van der Waals surface area (Å²) in [6.45, 7) is 5.63. The zero-order valence-electron chi connectivity index (χ0n) is 19.8. The molecular formula is C26H33IN6O. The molecule has 1 amide bonds. The number of carbonyl (C=O) groups excluding carboxylic acids is 1. The number of guanidine groups is 1. The number of nitrogens with zero attached hydrogens (tertiary/aromatic N) is 4. The number of imidazole rings is 1. The summed E-state index contributed by atoms with van der Waals surface area (Å²) in [7, 11) is 2.02. The highest BCUT2D eigenvalue weighted by molar-refractivity contribution is 14.0. The second-order valence-corrected chi connectivity index (χ2v) is 8.37. The topological polar surface area (TPSA) is 76.6 Å². The highest BCUT2D eigenvalue weighted by Crippen LogP contribution is 2.17. The molecule has 2 heterocycles. The summed E-state index contributed by atoms with van der Waals surface area (Å²) >= 11 is 0. The van der Waals surface area contributed by atoms with Crippen molar-refractivity contribution in [1.29, 1.82) is 0 Å². The van der Waals surface area contributed by atoms with E-state index in [1.165, 1.54) is 0 Å². The van der Waals surface area contributed by atoms with Gasteiger partial charge >= 0.3 is 0 Å². The van der Waals surface area contributed by atoms with Gasteiger partial charge in [-0.3, -0.25) is 4.79 Å². The van der Waals surface area contributed by atoms with Gasteiger partial charge in [-0.2, -0.15) is 0 Å². The predicted octanol–water partition coefficient (Wildman–Crippen LogP) is 4.41. The summed E-state index contributed by atoms with van der Waals surface area (Å²) in [6.07, 6.45) is 3.52. The van der Waals surface area contributed by atoms with Gasteiger partial charge in [0.15, 0.2) is 5.96 Å². The van der Waals surface area contributed by atoms with Crippen LogP contribution in [0.2, 0.25) is 0 Å². The Morgan fingerprint density at radius 3 is 2.56 bits per heavy atom. The predicted molar refractivity (Wildman–Crippen MR) is 147 cm³/mol. The molecule has 8 heteroatoms. The van der Waals surface area contributed by atoms with Crippen molar-refractivity contribution < 1.29 is 4.79 Å². The Balaban J connectivity index is 0.00000324. The number of hydrogen-bond acceptors (Lipinski definition) is 3. The number of H-pyrrole nitrogens is 1. The highest BCUT2D eigenvalue weighted by atomic mass is 127. The minimum atomic E-state index is 0. The lowest BCUT2D eigenvalue weighted by Gasteiger charge is -2.21. The summed E-state index contributed by atoms with van der Waals surface area (Å²) in [6, 6.07) is 18.6. The maximum Gasteiger partial charge on any atom is 0.222 e. The van der Waals surface area contributed by atoms with Crippen molar-refractivity contribution >= 4 is 35.8 Å². The zero-order chi connectivity index (χ0) is 23.0. The molecule has 0 spiro atoms. The van der Waals surface area contributed by atoms with Crippen LogP contribution in [0.3, 0.4) is 0 Å². The molecule has 1 aliphatic rings. The number of halogens is 1. The van der Waals surface area contributed by atoms with Gasteiger partial charge in [-0.05, 0) is 30.0 Å². The third kappa shape index (κ3) is 6.82. The van der Waals surface area contributed by atoms with Crippen LogP contribution >= 0.6 is 24.0 Å².